The molecule has 2 amide bonds. The van der Waals surface area contributed by atoms with Crippen molar-refractivity contribution in [1.82, 2.24) is 15.1 Å². The van der Waals surface area contributed by atoms with Gasteiger partial charge in [-0.05, 0) is 45.7 Å². The molecular formula is C22H43N3O5. The van der Waals surface area contributed by atoms with E-state index in [1.807, 2.05) is 23.9 Å². The number of carbonyl (C=O) groups excluding carboxylic acids is 2. The van der Waals surface area contributed by atoms with Crippen LogP contribution in [0.25, 0.3) is 0 Å². The van der Waals surface area contributed by atoms with Gasteiger partial charge in [-0.15, -0.1) is 0 Å². The molecule has 0 radical (unpaired) electrons. The minimum absolute atomic E-state index is 0.0154. The van der Waals surface area contributed by atoms with Crippen LogP contribution in [-0.4, -0.2) is 102 Å². The highest BCUT2D eigenvalue weighted by Crippen LogP contribution is 2.21. The Morgan fingerprint density at radius 1 is 1.03 bits per heavy atom. The zero-order valence-electron chi connectivity index (χ0n) is 19.3. The van der Waals surface area contributed by atoms with Gasteiger partial charge < -0.3 is 29.3 Å². The molecule has 0 bridgehead atoms. The van der Waals surface area contributed by atoms with Crippen LogP contribution in [0.4, 0.5) is 0 Å². The normalized spacial score (nSPS) is 16.6. The van der Waals surface area contributed by atoms with E-state index >= 15 is 0 Å². The standard InChI is InChI=1S/C22H43N3O5/c1-23-11-7-4-5-8-12-24(2)21(26)18-20-10-6-9-13-25(20)22(27)19-30-17-16-29-15-14-28-3/h20,23H,4-19H2,1-3H3. The molecule has 176 valence electrons. The maximum absolute atomic E-state index is 12.7. The van der Waals surface area contributed by atoms with Crippen molar-refractivity contribution in [3.05, 3.63) is 0 Å². The van der Waals surface area contributed by atoms with Crippen molar-refractivity contribution >= 4 is 11.8 Å². The van der Waals surface area contributed by atoms with Crippen LogP contribution in [0.5, 0.6) is 0 Å². The van der Waals surface area contributed by atoms with Crippen molar-refractivity contribution in [2.45, 2.75) is 57.4 Å². The number of methoxy groups -OCH3 is 1. The minimum Gasteiger partial charge on any atom is -0.382 e. The first kappa shape index (κ1) is 26.8. The van der Waals surface area contributed by atoms with E-state index in [0.29, 0.717) is 39.4 Å². The van der Waals surface area contributed by atoms with E-state index in [-0.39, 0.29) is 24.5 Å². The Labute approximate surface area is 182 Å². The molecule has 1 aliphatic rings. The average Bonchev–Trinajstić information content (AvgIpc) is 2.75. The lowest BCUT2D eigenvalue weighted by molar-refractivity contribution is -0.142. The number of ether oxygens (including phenoxy) is 3. The van der Waals surface area contributed by atoms with E-state index in [2.05, 4.69) is 5.32 Å². The number of nitrogens with one attached hydrogen (secondary N) is 1. The van der Waals surface area contributed by atoms with Crippen LogP contribution in [-0.2, 0) is 23.8 Å². The summed E-state index contributed by atoms with van der Waals surface area (Å²) in [6.45, 7) is 4.47. The lowest BCUT2D eigenvalue weighted by Crippen LogP contribution is -2.47. The third kappa shape index (κ3) is 11.8. The molecule has 30 heavy (non-hydrogen) atoms. The van der Waals surface area contributed by atoms with Crippen molar-refractivity contribution in [3.63, 3.8) is 0 Å². The third-order valence-corrected chi connectivity index (χ3v) is 5.48. The summed E-state index contributed by atoms with van der Waals surface area (Å²) in [5, 5.41) is 3.15. The zero-order chi connectivity index (χ0) is 22.0. The van der Waals surface area contributed by atoms with Gasteiger partial charge in [0.05, 0.1) is 26.4 Å². The summed E-state index contributed by atoms with van der Waals surface area (Å²) in [4.78, 5) is 28.9. The molecule has 0 aliphatic carbocycles. The Kier molecular flexibility index (Phi) is 15.6. The van der Waals surface area contributed by atoms with E-state index in [1.165, 1.54) is 12.8 Å². The van der Waals surface area contributed by atoms with Gasteiger partial charge in [-0.3, -0.25) is 9.59 Å². The number of likely N-dealkylation sites (tertiary alicyclic amines) is 1. The highest BCUT2D eigenvalue weighted by molar-refractivity contribution is 5.80. The van der Waals surface area contributed by atoms with Gasteiger partial charge in [0.25, 0.3) is 0 Å². The van der Waals surface area contributed by atoms with Crippen molar-refractivity contribution in [2.75, 3.05) is 73.9 Å². The lowest BCUT2D eigenvalue weighted by atomic mass is 9.98. The fourth-order valence-electron chi connectivity index (χ4n) is 3.63. The van der Waals surface area contributed by atoms with E-state index in [1.54, 1.807) is 7.11 Å². The molecule has 0 aromatic heterocycles. The quantitative estimate of drug-likeness (QED) is 0.354. The highest BCUT2D eigenvalue weighted by atomic mass is 16.5. The second-order valence-corrected chi connectivity index (χ2v) is 7.93. The number of hydrogen-bond donors (Lipinski definition) is 1. The molecule has 0 aromatic rings. The summed E-state index contributed by atoms with van der Waals surface area (Å²) in [5.41, 5.74) is 0. The van der Waals surface area contributed by atoms with Crippen molar-refractivity contribution in [1.29, 1.82) is 0 Å². The van der Waals surface area contributed by atoms with Crippen molar-refractivity contribution < 1.29 is 23.8 Å². The summed E-state index contributed by atoms with van der Waals surface area (Å²) in [6.07, 6.45) is 7.86. The monoisotopic (exact) mass is 429 g/mol. The highest BCUT2D eigenvalue weighted by Gasteiger charge is 2.29. The van der Waals surface area contributed by atoms with E-state index in [9.17, 15) is 9.59 Å². The smallest absolute Gasteiger partial charge is 0.248 e. The average molecular weight is 430 g/mol. The van der Waals surface area contributed by atoms with Crippen molar-refractivity contribution in [2.24, 2.45) is 0 Å². The molecule has 0 saturated carbocycles. The Balaban J connectivity index is 2.29. The first-order valence-corrected chi connectivity index (χ1v) is 11.4. The van der Waals surface area contributed by atoms with Gasteiger partial charge in [0.15, 0.2) is 0 Å². The molecular weight excluding hydrogens is 386 g/mol. The number of carbonyl (C=O) groups is 2. The second-order valence-electron chi connectivity index (χ2n) is 7.93. The molecule has 1 heterocycles. The molecule has 8 nitrogen and oxygen atoms in total. The van der Waals surface area contributed by atoms with Gasteiger partial charge in [0.1, 0.15) is 6.61 Å². The Bertz CT molecular complexity index is 464. The summed E-state index contributed by atoms with van der Waals surface area (Å²) >= 11 is 0. The molecule has 0 aromatic carbocycles. The van der Waals surface area contributed by atoms with E-state index in [4.69, 9.17) is 14.2 Å². The fraction of sp³-hybridized carbons (Fsp3) is 0.909. The summed E-state index contributed by atoms with van der Waals surface area (Å²) in [6, 6.07) is -0.0154. The molecule has 1 saturated heterocycles. The number of unbranched alkanes of at least 4 members (excludes halogenated alkanes) is 3. The number of rotatable bonds is 17. The van der Waals surface area contributed by atoms with E-state index in [0.717, 1.165) is 45.2 Å². The first-order chi connectivity index (χ1) is 14.6. The molecule has 1 N–H and O–H groups in total. The van der Waals surface area contributed by atoms with Crippen molar-refractivity contribution in [3.8, 4) is 0 Å². The van der Waals surface area contributed by atoms with E-state index < -0.39 is 0 Å². The van der Waals surface area contributed by atoms with Crippen LogP contribution >= 0.6 is 0 Å². The maximum atomic E-state index is 12.7. The van der Waals surface area contributed by atoms with Crippen LogP contribution < -0.4 is 5.32 Å². The minimum atomic E-state index is -0.0309. The van der Waals surface area contributed by atoms with Gasteiger partial charge in [-0.25, -0.2) is 0 Å². The van der Waals surface area contributed by atoms with Crippen LogP contribution in [0.1, 0.15) is 51.4 Å². The number of piperidine rings is 1. The predicted octanol–water partition coefficient (Wildman–Crippen LogP) is 1.68. The SMILES string of the molecule is CNCCCCCCN(C)C(=O)CC1CCCCN1C(=O)COCCOCCOC. The number of amides is 2. The Morgan fingerprint density at radius 2 is 1.77 bits per heavy atom. The Hall–Kier alpha value is -1.22. The van der Waals surface area contributed by atoms with Crippen LogP contribution in [0.3, 0.4) is 0 Å². The molecule has 0 spiro atoms. The second kappa shape index (κ2) is 17.5. The topological polar surface area (TPSA) is 80.3 Å². The summed E-state index contributed by atoms with van der Waals surface area (Å²) < 4.78 is 15.7. The van der Waals surface area contributed by atoms with Gasteiger partial charge in [0, 0.05) is 39.7 Å². The molecule has 1 unspecified atom stereocenters. The fourth-order valence-corrected chi connectivity index (χ4v) is 3.63. The third-order valence-electron chi connectivity index (χ3n) is 5.48. The van der Waals surface area contributed by atoms with Gasteiger partial charge in [-0.1, -0.05) is 12.8 Å². The lowest BCUT2D eigenvalue weighted by Gasteiger charge is -2.36. The molecule has 1 fully saturated rings. The van der Waals surface area contributed by atoms with Gasteiger partial charge in [0.2, 0.25) is 11.8 Å². The predicted molar refractivity (Wildman–Crippen MR) is 118 cm³/mol. The molecule has 1 atom stereocenters. The first-order valence-electron chi connectivity index (χ1n) is 11.4. The zero-order valence-corrected chi connectivity index (χ0v) is 19.3. The van der Waals surface area contributed by atoms with Gasteiger partial charge in [-0.2, -0.15) is 0 Å². The summed E-state index contributed by atoms with van der Waals surface area (Å²) in [5.74, 6) is 0.0963. The number of nitrogens with zero attached hydrogens (tertiary/aromatic N) is 2. The summed E-state index contributed by atoms with van der Waals surface area (Å²) in [7, 11) is 5.47. The van der Waals surface area contributed by atoms with Crippen LogP contribution in [0.2, 0.25) is 0 Å². The van der Waals surface area contributed by atoms with Crippen LogP contribution in [0, 0.1) is 0 Å². The molecule has 1 aliphatic heterocycles. The largest absolute Gasteiger partial charge is 0.382 e. The molecule has 8 heteroatoms. The maximum Gasteiger partial charge on any atom is 0.248 e. The van der Waals surface area contributed by atoms with Gasteiger partial charge >= 0.3 is 0 Å². The molecule has 1 rings (SSSR count). The number of hydrogen-bond acceptors (Lipinski definition) is 6. The Morgan fingerprint density at radius 3 is 2.53 bits per heavy atom. The van der Waals surface area contributed by atoms with Crippen LogP contribution in [0.15, 0.2) is 0 Å².